The highest BCUT2D eigenvalue weighted by Gasteiger charge is 2.59. The van der Waals surface area contributed by atoms with Crippen LogP contribution < -0.4 is 0 Å². The van der Waals surface area contributed by atoms with Gasteiger partial charge in [-0.3, -0.25) is 4.18 Å². The van der Waals surface area contributed by atoms with E-state index in [-0.39, 0.29) is 0 Å². The third-order valence-electron chi connectivity index (χ3n) is 14.1. The van der Waals surface area contributed by atoms with Crippen molar-refractivity contribution < 1.29 is 146 Å². The SMILES string of the molecule is Cc1ccc(S(=O)(=O)O[C@H]2[C@H]3O[C@H]4[C@H](O)[C@@H](O)[C@@H](O[C@H]5[C@H](O)[C@@H](O)[C@@H](O[C@H]6[C@H](O)[C@@H](O)[C@@H](O[C@H]7[C@H](O)[C@@H](O)[C@@H](O[C@H]8[C@H](O)[C@@H](O)[C@@H](O[C@@H]([C@@H]2O)[C@@H](CO)O3)O[C@@H]8C)O[C@@H]7CO)O[C@@H]6CO)O[C@@H]5CO)O[C@@H]4C)cc1. The first-order valence-corrected chi connectivity index (χ1v) is 25.2. The smallest absolute Gasteiger partial charge is 0.297 e. The molecule has 0 aliphatic carbocycles. The molecular weight excluding hydrogens is 1030 g/mol. The number of aliphatic hydroxyl groups excluding tert-OH is 15. The van der Waals surface area contributed by atoms with Crippen molar-refractivity contribution in [3.63, 3.8) is 0 Å². The number of rotatable bonds is 7. The van der Waals surface area contributed by atoms with Crippen molar-refractivity contribution in [3.05, 3.63) is 29.8 Å². The van der Waals surface area contributed by atoms with Crippen LogP contribution in [0.1, 0.15) is 19.4 Å². The summed E-state index contributed by atoms with van der Waals surface area (Å²) in [5.74, 6) is 0. The van der Waals surface area contributed by atoms with Gasteiger partial charge in [-0.2, -0.15) is 8.42 Å². The van der Waals surface area contributed by atoms with E-state index >= 15 is 0 Å². The van der Waals surface area contributed by atoms with Crippen molar-refractivity contribution >= 4 is 10.1 Å². The molecule has 16 aliphatic heterocycles. The first-order chi connectivity index (χ1) is 35.0. The average molecular weight is 1100 g/mol. The molecule has 0 unspecified atom stereocenters. The summed E-state index contributed by atoms with van der Waals surface area (Å²) < 4.78 is 103. The molecule has 0 aromatic heterocycles. The maximum atomic E-state index is 13.8. The normalized spacial score (nSPS) is 50.8. The van der Waals surface area contributed by atoms with E-state index in [1.807, 2.05) is 0 Å². The first kappa shape index (κ1) is 58.2. The Bertz CT molecular complexity index is 2070. The Morgan fingerprint density at radius 3 is 0.986 bits per heavy atom. The molecule has 16 saturated heterocycles. The standard InChI is InChI=1S/C43H66O30S/c1-12-4-6-15(7-5-12)74(59,60)73-37-30(58)36-19(11-47)66-43(37)68-32-14(3)62-38(26(54)21(32)49)69-33-16(8-44)64-41(28(56)23(33)51)71-35-18(10-46)65-42(29(57)24(35)52)70-34-17(9-45)63-40(27(55)22(34)50)67-31-13(2)61-39(72-36)25(53)20(31)48/h4-7,13-14,16-58H,8-11H2,1-3H3/t13-,14-,16-,17-,18-,19-,20-,21-,22-,23-,24-,25-,26-,27-,28-,29-,30+,31-,32-,33-,34-,35-,36-,37-,38-,39-,40-,41-,42-,43-/m1/s1. The summed E-state index contributed by atoms with van der Waals surface area (Å²) in [5.41, 5.74) is 0.665. The van der Waals surface area contributed by atoms with Crippen molar-refractivity contribution in [2.75, 3.05) is 26.4 Å². The topological polar surface area (TPSA) is 458 Å². The summed E-state index contributed by atoms with van der Waals surface area (Å²) in [5, 5.41) is 167. The van der Waals surface area contributed by atoms with Crippen LogP contribution >= 0.6 is 0 Å². The summed E-state index contributed by atoms with van der Waals surface area (Å²) in [6.07, 6.45) is -57.4. The second-order valence-corrected chi connectivity index (χ2v) is 20.7. The zero-order valence-electron chi connectivity index (χ0n) is 39.7. The fourth-order valence-corrected chi connectivity index (χ4v) is 10.9. The predicted octanol–water partition coefficient (Wildman–Crippen LogP) is -9.28. The van der Waals surface area contributed by atoms with Crippen molar-refractivity contribution in [1.29, 1.82) is 0 Å². The summed E-state index contributed by atoms with van der Waals surface area (Å²) in [6.45, 7) is 0.302. The Hall–Kier alpha value is -1.95. The third-order valence-corrected chi connectivity index (χ3v) is 15.4. The molecule has 30 nitrogen and oxygen atoms in total. The number of hydrogen-bond donors (Lipinski definition) is 15. The largest absolute Gasteiger partial charge is 0.394 e. The maximum Gasteiger partial charge on any atom is 0.297 e. The summed E-state index contributed by atoms with van der Waals surface area (Å²) in [4.78, 5) is -0.407. The lowest BCUT2D eigenvalue weighted by Gasteiger charge is -2.50. The molecule has 0 radical (unpaired) electrons. The van der Waals surface area contributed by atoms with Crippen molar-refractivity contribution in [2.24, 2.45) is 0 Å². The Labute approximate surface area is 421 Å². The van der Waals surface area contributed by atoms with Gasteiger partial charge in [-0.15, -0.1) is 0 Å². The minimum atomic E-state index is -4.87. The summed E-state index contributed by atoms with van der Waals surface area (Å²) >= 11 is 0. The van der Waals surface area contributed by atoms with Gasteiger partial charge in [0.1, 0.15) is 128 Å². The van der Waals surface area contributed by atoms with Gasteiger partial charge in [0.25, 0.3) is 10.1 Å². The molecule has 16 heterocycles. The molecule has 15 N–H and O–H groups in total. The van der Waals surface area contributed by atoms with Crippen LogP contribution in [-0.4, -0.2) is 296 Å². The number of hydrogen-bond acceptors (Lipinski definition) is 30. The Morgan fingerprint density at radius 2 is 0.649 bits per heavy atom. The number of benzene rings is 1. The van der Waals surface area contributed by atoms with Crippen molar-refractivity contribution in [1.82, 2.24) is 0 Å². The van der Waals surface area contributed by atoms with E-state index in [2.05, 4.69) is 0 Å². The van der Waals surface area contributed by atoms with Gasteiger partial charge in [-0.1, -0.05) is 17.7 Å². The van der Waals surface area contributed by atoms with Gasteiger partial charge in [-0.05, 0) is 32.9 Å². The van der Waals surface area contributed by atoms with Gasteiger partial charge in [0, 0.05) is 0 Å². The third kappa shape index (κ3) is 11.4. The van der Waals surface area contributed by atoms with Crippen LogP contribution in [0.5, 0.6) is 0 Å². The van der Waals surface area contributed by atoms with Gasteiger partial charge >= 0.3 is 0 Å². The molecule has 74 heavy (non-hydrogen) atoms. The van der Waals surface area contributed by atoms with Crippen molar-refractivity contribution in [2.45, 2.75) is 210 Å². The van der Waals surface area contributed by atoms with E-state index < -0.39 is 226 Å². The lowest BCUT2D eigenvalue weighted by atomic mass is 9.95. The second kappa shape index (κ2) is 23.8. The summed E-state index contributed by atoms with van der Waals surface area (Å²) in [6, 6.07) is 5.29. The van der Waals surface area contributed by atoms with E-state index in [1.54, 1.807) is 6.92 Å². The zero-order chi connectivity index (χ0) is 53.8. The van der Waals surface area contributed by atoms with E-state index in [4.69, 9.17) is 61.0 Å². The molecule has 17 rings (SSSR count). The van der Waals surface area contributed by atoms with Crippen LogP contribution in [0.2, 0.25) is 0 Å². The Balaban J connectivity index is 1.12. The highest BCUT2D eigenvalue weighted by atomic mass is 32.2. The fraction of sp³-hybridized carbons (Fsp3) is 0.860. The van der Waals surface area contributed by atoms with Gasteiger partial charge in [-0.25, -0.2) is 0 Å². The molecule has 1 aromatic carbocycles. The monoisotopic (exact) mass is 1090 g/mol. The molecule has 424 valence electrons. The molecule has 31 heteroatoms. The highest BCUT2D eigenvalue weighted by Crippen LogP contribution is 2.39. The minimum absolute atomic E-state index is 0.407. The summed E-state index contributed by atoms with van der Waals surface area (Å²) in [7, 11) is -4.87. The van der Waals surface area contributed by atoms with E-state index in [0.29, 0.717) is 5.56 Å². The molecule has 0 spiro atoms. The van der Waals surface area contributed by atoms with Gasteiger partial charge in [0.05, 0.1) is 43.5 Å². The maximum absolute atomic E-state index is 13.8. The van der Waals surface area contributed by atoms with Gasteiger partial charge in [0.2, 0.25) is 0 Å². The molecule has 12 bridgehead atoms. The molecule has 16 aliphatic rings. The lowest BCUT2D eigenvalue weighted by molar-refractivity contribution is -0.401. The second-order valence-electron chi connectivity index (χ2n) is 19.1. The fourth-order valence-electron chi connectivity index (χ4n) is 9.87. The predicted molar refractivity (Wildman–Crippen MR) is 230 cm³/mol. The van der Waals surface area contributed by atoms with Crippen LogP contribution in [0.15, 0.2) is 29.2 Å². The zero-order valence-corrected chi connectivity index (χ0v) is 40.5. The molecule has 1 aromatic rings. The van der Waals surface area contributed by atoms with Gasteiger partial charge in [0.15, 0.2) is 43.8 Å². The molecular formula is C43H66O30S. The number of aryl methyl sites for hydroxylation is 1. The van der Waals surface area contributed by atoms with Crippen LogP contribution in [-0.2, 0) is 71.1 Å². The minimum Gasteiger partial charge on any atom is -0.394 e. The number of aliphatic hydroxyl groups is 15. The van der Waals surface area contributed by atoms with Crippen LogP contribution in [0.25, 0.3) is 0 Å². The number of ether oxygens (including phenoxy) is 12. The Kier molecular flexibility index (Phi) is 18.7. The quantitative estimate of drug-likeness (QED) is 0.113. The van der Waals surface area contributed by atoms with E-state index in [0.717, 1.165) is 0 Å². The van der Waals surface area contributed by atoms with E-state index in [1.165, 1.54) is 38.1 Å². The Morgan fingerprint density at radius 1 is 0.378 bits per heavy atom. The molecule has 0 saturated carbocycles. The lowest BCUT2D eigenvalue weighted by Crippen LogP contribution is -2.68. The van der Waals surface area contributed by atoms with Crippen LogP contribution in [0, 0.1) is 6.92 Å². The van der Waals surface area contributed by atoms with Crippen LogP contribution in [0.3, 0.4) is 0 Å². The highest BCUT2D eigenvalue weighted by molar-refractivity contribution is 7.86. The molecule has 0 amide bonds. The first-order valence-electron chi connectivity index (χ1n) is 23.8. The molecule has 16 fully saturated rings. The van der Waals surface area contributed by atoms with Crippen molar-refractivity contribution in [3.8, 4) is 0 Å². The van der Waals surface area contributed by atoms with Crippen LogP contribution in [0.4, 0.5) is 0 Å². The average Bonchev–Trinajstić information content (AvgIpc) is 3.37. The van der Waals surface area contributed by atoms with E-state index in [9.17, 15) is 85.0 Å². The van der Waals surface area contributed by atoms with Gasteiger partial charge < -0.3 is 133 Å². The molecule has 30 atom stereocenters.